The molecule has 0 saturated heterocycles. The van der Waals surface area contributed by atoms with Gasteiger partial charge >= 0.3 is 5.97 Å². The molecule has 3 rings (SSSR count). The number of imidazole rings is 1. The average molecular weight is 289 g/mol. The molecule has 0 atom stereocenters. The van der Waals surface area contributed by atoms with Gasteiger partial charge in [-0.3, -0.25) is 0 Å². The highest BCUT2D eigenvalue weighted by Gasteiger charge is 2.23. The van der Waals surface area contributed by atoms with Crippen molar-refractivity contribution in [3.8, 4) is 11.4 Å². The molecule has 21 heavy (non-hydrogen) atoms. The van der Waals surface area contributed by atoms with Crippen molar-refractivity contribution in [2.45, 2.75) is 13.5 Å². The zero-order valence-electron chi connectivity index (χ0n) is 11.3. The number of nitrogens with zero attached hydrogens (tertiary/aromatic N) is 7. The van der Waals surface area contributed by atoms with Crippen molar-refractivity contribution < 1.29 is 14.4 Å². The zero-order chi connectivity index (χ0) is 15.0. The highest BCUT2D eigenvalue weighted by Crippen LogP contribution is 2.22. The van der Waals surface area contributed by atoms with Gasteiger partial charge in [-0.25, -0.2) is 14.5 Å². The number of carboxylic acids is 1. The summed E-state index contributed by atoms with van der Waals surface area (Å²) in [6.45, 7) is 1.82. The van der Waals surface area contributed by atoms with Crippen molar-refractivity contribution in [1.82, 2.24) is 34.7 Å². The molecule has 0 spiro atoms. The molecule has 3 aromatic rings. The Labute approximate surface area is 118 Å². The first-order chi connectivity index (χ1) is 10.1. The summed E-state index contributed by atoms with van der Waals surface area (Å²) < 4.78 is 7.98. The van der Waals surface area contributed by atoms with Crippen LogP contribution in [0.5, 0.6) is 0 Å². The molecule has 0 aromatic carbocycles. The van der Waals surface area contributed by atoms with Gasteiger partial charge in [0.2, 0.25) is 5.89 Å². The van der Waals surface area contributed by atoms with Crippen LogP contribution < -0.4 is 0 Å². The number of aromatic carboxylic acids is 1. The fourth-order valence-electron chi connectivity index (χ4n) is 1.95. The van der Waals surface area contributed by atoms with Gasteiger partial charge in [-0.05, 0) is 0 Å². The second-order valence-corrected chi connectivity index (χ2v) is 4.37. The summed E-state index contributed by atoms with van der Waals surface area (Å²) in [5.41, 5.74) is 0.765. The summed E-state index contributed by atoms with van der Waals surface area (Å²) in [7, 11) is 1.75. The SMILES string of the molecule is Cc1nc(Cn2nnc(C(=O)O)c2-c2cncn2C)no1. The van der Waals surface area contributed by atoms with E-state index in [0.717, 1.165) is 0 Å². The third-order valence-electron chi connectivity index (χ3n) is 2.86. The monoisotopic (exact) mass is 289 g/mol. The summed E-state index contributed by atoms with van der Waals surface area (Å²) in [4.78, 5) is 19.4. The quantitative estimate of drug-likeness (QED) is 0.717. The minimum absolute atomic E-state index is 0.151. The van der Waals surface area contributed by atoms with Crippen molar-refractivity contribution in [2.75, 3.05) is 0 Å². The Hall–Kier alpha value is -3.04. The molecular weight excluding hydrogens is 278 g/mol. The zero-order valence-corrected chi connectivity index (χ0v) is 11.3. The standard InChI is InChI=1S/C11H11N7O3/c1-6-13-8(15-21-6)4-18-10(7-3-12-5-17(7)2)9(11(19)20)14-16-18/h3,5H,4H2,1-2H3,(H,19,20). The Morgan fingerprint density at radius 3 is 2.86 bits per heavy atom. The fourth-order valence-corrected chi connectivity index (χ4v) is 1.95. The van der Waals surface area contributed by atoms with E-state index >= 15 is 0 Å². The molecular formula is C11H11N7O3. The molecule has 3 heterocycles. The summed E-state index contributed by atoms with van der Waals surface area (Å²) in [5.74, 6) is -0.356. The summed E-state index contributed by atoms with van der Waals surface area (Å²) in [6.07, 6.45) is 3.11. The van der Waals surface area contributed by atoms with Crippen LogP contribution in [0, 0.1) is 6.92 Å². The lowest BCUT2D eigenvalue weighted by Gasteiger charge is -2.05. The molecule has 0 fully saturated rings. The molecule has 0 saturated carbocycles. The molecule has 0 radical (unpaired) electrons. The van der Waals surface area contributed by atoms with E-state index in [9.17, 15) is 9.90 Å². The second-order valence-electron chi connectivity index (χ2n) is 4.37. The van der Waals surface area contributed by atoms with Gasteiger partial charge in [0.1, 0.15) is 12.2 Å². The number of carbonyl (C=O) groups is 1. The van der Waals surface area contributed by atoms with Crippen LogP contribution in [0.25, 0.3) is 11.4 Å². The van der Waals surface area contributed by atoms with Crippen LogP contribution >= 0.6 is 0 Å². The number of aryl methyl sites for hydroxylation is 2. The van der Waals surface area contributed by atoms with E-state index < -0.39 is 5.97 Å². The minimum Gasteiger partial charge on any atom is -0.476 e. The second kappa shape index (κ2) is 4.81. The Morgan fingerprint density at radius 2 is 2.29 bits per heavy atom. The molecule has 0 aliphatic carbocycles. The minimum atomic E-state index is -1.17. The molecule has 0 amide bonds. The highest BCUT2D eigenvalue weighted by atomic mass is 16.5. The normalized spacial score (nSPS) is 11.0. The lowest BCUT2D eigenvalue weighted by atomic mass is 10.2. The third kappa shape index (κ3) is 2.26. The molecule has 1 N–H and O–H groups in total. The molecule has 3 aromatic heterocycles. The van der Waals surface area contributed by atoms with Crippen LogP contribution in [-0.2, 0) is 13.6 Å². The van der Waals surface area contributed by atoms with E-state index in [0.29, 0.717) is 23.1 Å². The van der Waals surface area contributed by atoms with E-state index in [1.165, 1.54) is 4.68 Å². The van der Waals surface area contributed by atoms with Gasteiger partial charge < -0.3 is 14.2 Å². The predicted octanol–water partition coefficient (Wildman–Crippen LogP) is 0.117. The molecule has 0 bridgehead atoms. The number of hydrogen-bond acceptors (Lipinski definition) is 7. The van der Waals surface area contributed by atoms with Crippen LogP contribution in [0.15, 0.2) is 17.0 Å². The summed E-state index contributed by atoms with van der Waals surface area (Å²) in [6, 6.07) is 0. The first-order valence-corrected chi connectivity index (χ1v) is 5.99. The Balaban J connectivity index is 2.09. The van der Waals surface area contributed by atoms with Crippen molar-refractivity contribution in [3.63, 3.8) is 0 Å². The van der Waals surface area contributed by atoms with E-state index in [1.54, 1.807) is 31.1 Å². The lowest BCUT2D eigenvalue weighted by molar-refractivity contribution is 0.0691. The first kappa shape index (κ1) is 13.0. The van der Waals surface area contributed by atoms with Gasteiger partial charge in [0, 0.05) is 14.0 Å². The van der Waals surface area contributed by atoms with E-state index in [2.05, 4.69) is 25.4 Å². The van der Waals surface area contributed by atoms with Gasteiger partial charge in [0.25, 0.3) is 0 Å². The van der Waals surface area contributed by atoms with Crippen molar-refractivity contribution in [2.24, 2.45) is 7.05 Å². The Kier molecular flexibility index (Phi) is 2.97. The predicted molar refractivity (Wildman–Crippen MR) is 67.3 cm³/mol. The molecule has 0 aliphatic heterocycles. The maximum atomic E-state index is 11.3. The van der Waals surface area contributed by atoms with Crippen LogP contribution in [-0.4, -0.2) is 45.8 Å². The molecule has 10 nitrogen and oxygen atoms in total. The number of carboxylic acid groups (broad SMARTS) is 1. The van der Waals surface area contributed by atoms with Crippen LogP contribution in [0.1, 0.15) is 22.2 Å². The number of rotatable bonds is 4. The topological polar surface area (TPSA) is 125 Å². The third-order valence-corrected chi connectivity index (χ3v) is 2.86. The van der Waals surface area contributed by atoms with Gasteiger partial charge in [-0.2, -0.15) is 4.98 Å². The maximum Gasteiger partial charge on any atom is 0.358 e. The van der Waals surface area contributed by atoms with Gasteiger partial charge in [0.05, 0.1) is 18.2 Å². The summed E-state index contributed by atoms with van der Waals surface area (Å²) in [5, 5.41) is 20.6. The largest absolute Gasteiger partial charge is 0.476 e. The van der Waals surface area contributed by atoms with Gasteiger partial charge in [0.15, 0.2) is 11.5 Å². The number of hydrogen-bond donors (Lipinski definition) is 1. The lowest BCUT2D eigenvalue weighted by Crippen LogP contribution is -2.09. The van der Waals surface area contributed by atoms with Crippen molar-refractivity contribution in [3.05, 3.63) is 29.9 Å². The van der Waals surface area contributed by atoms with E-state index in [4.69, 9.17) is 4.52 Å². The fraction of sp³-hybridized carbons (Fsp3) is 0.273. The van der Waals surface area contributed by atoms with Crippen LogP contribution in [0.3, 0.4) is 0 Å². The first-order valence-electron chi connectivity index (χ1n) is 5.99. The van der Waals surface area contributed by atoms with Crippen LogP contribution in [0.2, 0.25) is 0 Å². The molecule has 0 unspecified atom stereocenters. The van der Waals surface area contributed by atoms with Crippen molar-refractivity contribution in [1.29, 1.82) is 0 Å². The van der Waals surface area contributed by atoms with E-state index in [1.807, 2.05) is 0 Å². The molecule has 108 valence electrons. The van der Waals surface area contributed by atoms with E-state index in [-0.39, 0.29) is 12.2 Å². The molecule has 10 heteroatoms. The van der Waals surface area contributed by atoms with Gasteiger partial charge in [-0.15, -0.1) is 5.10 Å². The van der Waals surface area contributed by atoms with Crippen molar-refractivity contribution >= 4 is 5.97 Å². The van der Waals surface area contributed by atoms with Gasteiger partial charge in [-0.1, -0.05) is 10.4 Å². The Morgan fingerprint density at radius 1 is 1.48 bits per heavy atom. The summed E-state index contributed by atoms with van der Waals surface area (Å²) >= 11 is 0. The number of aromatic nitrogens is 7. The molecule has 0 aliphatic rings. The highest BCUT2D eigenvalue weighted by molar-refractivity contribution is 5.92. The Bertz CT molecular complexity index is 800. The average Bonchev–Trinajstić information content (AvgIpc) is 3.11. The van der Waals surface area contributed by atoms with Crippen LogP contribution in [0.4, 0.5) is 0 Å². The smallest absolute Gasteiger partial charge is 0.358 e. The maximum absolute atomic E-state index is 11.3.